The third kappa shape index (κ3) is 5.49. The Hall–Kier alpha value is -1.74. The van der Waals surface area contributed by atoms with Crippen LogP contribution < -0.4 is 0 Å². The number of carbonyl (C=O) groups is 4. The maximum atomic E-state index is 12.1. The Morgan fingerprint density at radius 2 is 1.35 bits per heavy atom. The Labute approximate surface area is 108 Å². The monoisotopic (exact) mass is 306 g/mol. The van der Waals surface area contributed by atoms with E-state index in [1.165, 1.54) is 0 Å². The summed E-state index contributed by atoms with van der Waals surface area (Å²) in [5, 5.41) is 0. The van der Waals surface area contributed by atoms with Crippen molar-refractivity contribution in [2.24, 2.45) is 5.92 Å². The highest BCUT2D eigenvalue weighted by atomic mass is 19.4. The van der Waals surface area contributed by atoms with Gasteiger partial charge in [-0.3, -0.25) is 19.2 Å². The number of hydrogen-bond donors (Lipinski definition) is 0. The molecule has 1 unspecified atom stereocenters. The van der Waals surface area contributed by atoms with E-state index < -0.39 is 54.2 Å². The molecule has 114 valence electrons. The number of ketones is 4. The molecule has 0 aromatic carbocycles. The molecule has 0 aromatic rings. The zero-order chi connectivity index (χ0) is 16.3. The molecule has 0 aromatic heterocycles. The minimum atomic E-state index is -5.40. The van der Waals surface area contributed by atoms with Crippen LogP contribution in [0.15, 0.2) is 0 Å². The number of rotatable bonds is 6. The molecule has 20 heavy (non-hydrogen) atoms. The van der Waals surface area contributed by atoms with Crippen LogP contribution in [0.5, 0.6) is 0 Å². The van der Waals surface area contributed by atoms with Gasteiger partial charge in [0.15, 0.2) is 0 Å². The summed E-state index contributed by atoms with van der Waals surface area (Å²) in [6.45, 7) is 0.590. The normalized spacial score (nSPS) is 13.8. The molecule has 1 atom stereocenters. The van der Waals surface area contributed by atoms with Crippen molar-refractivity contribution in [2.75, 3.05) is 0 Å². The second kappa shape index (κ2) is 6.14. The van der Waals surface area contributed by atoms with Gasteiger partial charge in [-0.15, -0.1) is 0 Å². The van der Waals surface area contributed by atoms with Crippen LogP contribution in [0, 0.1) is 5.92 Å². The highest BCUT2D eigenvalue weighted by molar-refractivity contribution is 6.09. The molecule has 0 spiro atoms. The van der Waals surface area contributed by atoms with Crippen LogP contribution in [-0.4, -0.2) is 35.5 Å². The van der Waals surface area contributed by atoms with Gasteiger partial charge in [0.1, 0.15) is 11.6 Å². The van der Waals surface area contributed by atoms with E-state index in [1.807, 2.05) is 0 Å². The molecular weight excluding hydrogens is 298 g/mol. The van der Waals surface area contributed by atoms with Crippen molar-refractivity contribution in [3.8, 4) is 0 Å². The molecule has 0 saturated carbocycles. The molecule has 0 aliphatic carbocycles. The third-order valence-corrected chi connectivity index (χ3v) is 2.19. The van der Waals surface area contributed by atoms with Gasteiger partial charge in [0, 0.05) is 6.42 Å². The fourth-order valence-electron chi connectivity index (χ4n) is 1.20. The van der Waals surface area contributed by atoms with Crippen LogP contribution in [0.25, 0.3) is 0 Å². The van der Waals surface area contributed by atoms with Crippen molar-refractivity contribution in [2.45, 2.75) is 32.1 Å². The lowest BCUT2D eigenvalue weighted by Gasteiger charge is -2.14. The first-order chi connectivity index (χ1) is 8.76. The molecule has 0 radical (unpaired) electrons. The standard InChI is InChI=1S/C10H8F6O4/c1-4(17)6(8(20)10(14,15)16)2-5(18)3-7(19)9(11,12)13/h6H,2-3H2,1H3. The van der Waals surface area contributed by atoms with Crippen molar-refractivity contribution in [3.05, 3.63) is 0 Å². The smallest absolute Gasteiger partial charge is 0.299 e. The first-order valence-electron chi connectivity index (χ1n) is 5.00. The number of carbonyl (C=O) groups excluding carboxylic acids is 4. The van der Waals surface area contributed by atoms with Gasteiger partial charge in [0.2, 0.25) is 11.6 Å². The molecular formula is C10H8F6O4. The molecule has 10 heteroatoms. The molecule has 0 N–H and O–H groups in total. The molecule has 0 rings (SSSR count). The van der Waals surface area contributed by atoms with Crippen molar-refractivity contribution in [3.63, 3.8) is 0 Å². The summed E-state index contributed by atoms with van der Waals surface area (Å²) in [7, 11) is 0. The van der Waals surface area contributed by atoms with E-state index in [-0.39, 0.29) is 0 Å². The molecule has 4 nitrogen and oxygen atoms in total. The number of hydrogen-bond acceptors (Lipinski definition) is 4. The summed E-state index contributed by atoms with van der Waals surface area (Å²) in [4.78, 5) is 43.2. The quantitative estimate of drug-likeness (QED) is 0.554. The highest BCUT2D eigenvalue weighted by Gasteiger charge is 2.46. The molecule has 0 heterocycles. The van der Waals surface area contributed by atoms with Gasteiger partial charge in [-0.2, -0.15) is 26.3 Å². The van der Waals surface area contributed by atoms with Crippen LogP contribution in [-0.2, 0) is 19.2 Å². The lowest BCUT2D eigenvalue weighted by Crippen LogP contribution is -2.36. The van der Waals surface area contributed by atoms with Gasteiger partial charge in [0.05, 0.1) is 12.3 Å². The Morgan fingerprint density at radius 1 is 0.900 bits per heavy atom. The van der Waals surface area contributed by atoms with Crippen LogP contribution in [0.4, 0.5) is 26.3 Å². The van der Waals surface area contributed by atoms with E-state index in [0.29, 0.717) is 6.92 Å². The van der Waals surface area contributed by atoms with Gasteiger partial charge in [-0.25, -0.2) is 0 Å². The van der Waals surface area contributed by atoms with Crippen LogP contribution in [0.2, 0.25) is 0 Å². The molecule has 0 aliphatic rings. The number of alkyl halides is 6. The molecule has 0 aliphatic heterocycles. The van der Waals surface area contributed by atoms with E-state index in [9.17, 15) is 45.5 Å². The average molecular weight is 306 g/mol. The van der Waals surface area contributed by atoms with Crippen LogP contribution >= 0.6 is 0 Å². The number of halogens is 6. The van der Waals surface area contributed by atoms with Crippen LogP contribution in [0.1, 0.15) is 19.8 Å². The summed E-state index contributed by atoms with van der Waals surface area (Å²) < 4.78 is 71.8. The Kier molecular flexibility index (Phi) is 5.61. The fraction of sp³-hybridized carbons (Fsp3) is 0.600. The summed E-state index contributed by atoms with van der Waals surface area (Å²) >= 11 is 0. The van der Waals surface area contributed by atoms with Gasteiger partial charge < -0.3 is 0 Å². The highest BCUT2D eigenvalue weighted by Crippen LogP contribution is 2.25. The second-order valence-corrected chi connectivity index (χ2v) is 3.87. The van der Waals surface area contributed by atoms with Gasteiger partial charge >= 0.3 is 12.4 Å². The predicted octanol–water partition coefficient (Wildman–Crippen LogP) is 1.80. The topological polar surface area (TPSA) is 68.3 Å². The third-order valence-electron chi connectivity index (χ3n) is 2.19. The predicted molar refractivity (Wildman–Crippen MR) is 50.5 cm³/mol. The lowest BCUT2D eigenvalue weighted by atomic mass is 9.92. The van der Waals surface area contributed by atoms with E-state index >= 15 is 0 Å². The minimum Gasteiger partial charge on any atom is -0.299 e. The summed E-state index contributed by atoms with van der Waals surface area (Å²) in [6, 6.07) is 0. The molecule has 0 amide bonds. The average Bonchev–Trinajstić information content (AvgIpc) is 2.21. The SMILES string of the molecule is CC(=O)C(CC(=O)CC(=O)C(F)(F)F)C(=O)C(F)(F)F. The summed E-state index contributed by atoms with van der Waals surface area (Å²) in [5.74, 6) is -10.3. The first kappa shape index (κ1) is 18.3. The summed E-state index contributed by atoms with van der Waals surface area (Å²) in [5.41, 5.74) is 0. The van der Waals surface area contributed by atoms with Crippen LogP contribution in [0.3, 0.4) is 0 Å². The Balaban J connectivity index is 4.88. The minimum absolute atomic E-state index is 0.590. The van der Waals surface area contributed by atoms with E-state index in [4.69, 9.17) is 0 Å². The first-order valence-corrected chi connectivity index (χ1v) is 5.00. The van der Waals surface area contributed by atoms with Crippen molar-refractivity contribution < 1.29 is 45.5 Å². The summed E-state index contributed by atoms with van der Waals surface area (Å²) in [6.07, 6.45) is -13.8. The Bertz CT molecular complexity index is 434. The van der Waals surface area contributed by atoms with Crippen molar-refractivity contribution in [1.29, 1.82) is 0 Å². The van der Waals surface area contributed by atoms with Gasteiger partial charge in [-0.05, 0) is 6.92 Å². The number of Topliss-reactive ketones (excluding diaryl/α,β-unsaturated/α-hetero) is 4. The fourth-order valence-corrected chi connectivity index (χ4v) is 1.20. The second-order valence-electron chi connectivity index (χ2n) is 3.87. The maximum Gasteiger partial charge on any atom is 0.450 e. The molecule has 0 saturated heterocycles. The van der Waals surface area contributed by atoms with Gasteiger partial charge in [-0.1, -0.05) is 0 Å². The van der Waals surface area contributed by atoms with E-state index in [1.54, 1.807) is 0 Å². The zero-order valence-electron chi connectivity index (χ0n) is 9.89. The van der Waals surface area contributed by atoms with Crippen molar-refractivity contribution in [1.82, 2.24) is 0 Å². The van der Waals surface area contributed by atoms with Crippen molar-refractivity contribution >= 4 is 23.1 Å². The van der Waals surface area contributed by atoms with E-state index in [0.717, 1.165) is 0 Å². The van der Waals surface area contributed by atoms with Gasteiger partial charge in [0.25, 0.3) is 0 Å². The molecule has 0 bridgehead atoms. The molecule has 0 fully saturated rings. The zero-order valence-corrected chi connectivity index (χ0v) is 9.89. The Morgan fingerprint density at radius 3 is 1.65 bits per heavy atom. The largest absolute Gasteiger partial charge is 0.450 e. The van der Waals surface area contributed by atoms with E-state index in [2.05, 4.69) is 0 Å². The lowest BCUT2D eigenvalue weighted by molar-refractivity contribution is -0.177. The maximum absolute atomic E-state index is 12.1.